The quantitative estimate of drug-likeness (QED) is 0.202. The Balaban J connectivity index is 0.00000300. The molecule has 1 unspecified atom stereocenters. The number of rotatable bonds is 3. The monoisotopic (exact) mass is 566 g/mol. The first-order valence-electron chi connectivity index (χ1n) is 7.14. The molecule has 0 heterocycles. The maximum Gasteiger partial charge on any atom is 1.00 e. The van der Waals surface area contributed by atoms with E-state index in [1.807, 2.05) is 0 Å². The van der Waals surface area contributed by atoms with Crippen LogP contribution in [-0.4, -0.2) is 54.4 Å². The standard InChI is InChI=1S/C14H12O11S3.3K/c15-14(16)11-5-7-1-2-10(26(17,18)19)4-8(7)3-9(11)6-12(27(20,21)22)13(14)28(23,24)25;;;/h1-6,13,15-16H,(H,17,18,19)(H,20,21,22)(H,23,24,25);;;/q;3*+1/p-3. The van der Waals surface area contributed by atoms with Crippen molar-refractivity contribution in [3.8, 4) is 0 Å². The van der Waals surface area contributed by atoms with Crippen molar-refractivity contribution < 1.29 is 203 Å². The van der Waals surface area contributed by atoms with E-state index in [1.54, 1.807) is 0 Å². The normalized spacial score (nSPS) is 18.0. The molecule has 0 bridgehead atoms. The van der Waals surface area contributed by atoms with Crippen LogP contribution in [0, 0.1) is 0 Å². The van der Waals surface area contributed by atoms with E-state index in [0.29, 0.717) is 6.08 Å². The number of aliphatic hydroxyl groups is 2. The molecule has 2 aromatic carbocycles. The van der Waals surface area contributed by atoms with E-state index >= 15 is 0 Å². The smallest absolute Gasteiger partial charge is 0.747 e. The molecule has 0 aliphatic heterocycles. The Morgan fingerprint density at radius 1 is 0.774 bits per heavy atom. The molecule has 0 radical (unpaired) electrons. The second-order valence-electron chi connectivity index (χ2n) is 6.00. The topological polar surface area (TPSA) is 212 Å². The zero-order valence-corrected chi connectivity index (χ0v) is 28.2. The Kier molecular flexibility index (Phi) is 12.7. The van der Waals surface area contributed by atoms with E-state index in [0.717, 1.165) is 30.3 Å². The van der Waals surface area contributed by atoms with Gasteiger partial charge < -0.3 is 23.9 Å². The third kappa shape index (κ3) is 7.28. The van der Waals surface area contributed by atoms with Crippen molar-refractivity contribution in [3.05, 3.63) is 46.4 Å². The summed E-state index contributed by atoms with van der Waals surface area (Å²) in [6, 6.07) is 4.93. The van der Waals surface area contributed by atoms with Crippen LogP contribution < -0.4 is 154 Å². The molecule has 0 spiro atoms. The molecule has 2 aromatic rings. The van der Waals surface area contributed by atoms with Gasteiger partial charge in [-0.2, -0.15) is 0 Å². The van der Waals surface area contributed by atoms with Crippen LogP contribution in [0.2, 0.25) is 0 Å². The molecule has 0 saturated carbocycles. The third-order valence-electron chi connectivity index (χ3n) is 4.16. The van der Waals surface area contributed by atoms with E-state index in [4.69, 9.17) is 0 Å². The minimum Gasteiger partial charge on any atom is -0.747 e. The molecule has 17 heteroatoms. The molecule has 1 atom stereocenters. The largest absolute Gasteiger partial charge is 1.00 e. The summed E-state index contributed by atoms with van der Waals surface area (Å²) < 4.78 is 102. The van der Waals surface area contributed by atoms with Crippen molar-refractivity contribution >= 4 is 47.2 Å². The van der Waals surface area contributed by atoms with Crippen molar-refractivity contribution in [1.82, 2.24) is 0 Å². The van der Waals surface area contributed by atoms with Gasteiger partial charge in [-0.05, 0) is 46.7 Å². The minimum absolute atomic E-state index is 0. The molecular formula is C14H9K3O11S3. The van der Waals surface area contributed by atoms with Crippen molar-refractivity contribution in [2.75, 3.05) is 0 Å². The third-order valence-corrected chi connectivity index (χ3v) is 7.24. The summed E-state index contributed by atoms with van der Waals surface area (Å²) >= 11 is 0. The first-order valence-corrected chi connectivity index (χ1v) is 11.4. The maximum absolute atomic E-state index is 11.5. The van der Waals surface area contributed by atoms with Gasteiger partial charge in [0.15, 0.2) is 0 Å². The van der Waals surface area contributed by atoms with Gasteiger partial charge in [-0.15, -0.1) is 0 Å². The predicted octanol–water partition coefficient (Wildman–Crippen LogP) is -10.3. The summed E-state index contributed by atoms with van der Waals surface area (Å²) in [6.45, 7) is 0. The number of hydrogen-bond donors (Lipinski definition) is 2. The summed E-state index contributed by atoms with van der Waals surface area (Å²) in [5.74, 6) is -3.56. The summed E-state index contributed by atoms with van der Waals surface area (Å²) in [5.41, 5.74) is -0.971. The Bertz CT molecular complexity index is 1360. The Hall–Kier alpha value is 3.00. The molecule has 1 aliphatic rings. The molecule has 0 saturated heterocycles. The van der Waals surface area contributed by atoms with Gasteiger partial charge in [0.1, 0.15) is 35.6 Å². The average molecular weight is 567 g/mol. The molecule has 3 rings (SSSR count). The summed E-state index contributed by atoms with van der Waals surface area (Å²) in [7, 11) is -16.1. The van der Waals surface area contributed by atoms with Gasteiger partial charge in [-0.25, -0.2) is 25.3 Å². The van der Waals surface area contributed by atoms with Gasteiger partial charge in [0.2, 0.25) is 5.79 Å². The fourth-order valence-corrected chi connectivity index (χ4v) is 5.80. The van der Waals surface area contributed by atoms with Gasteiger partial charge in [0.25, 0.3) is 0 Å². The SMILES string of the molecule is O=S(=O)([O-])C1=Cc2cc3cc(S(=O)(=O)[O-])ccc3cc2C(O)(O)C1S(=O)(=O)[O-].[K+].[K+].[K+]. The first-order chi connectivity index (χ1) is 12.5. The molecule has 1 aliphatic carbocycles. The van der Waals surface area contributed by atoms with E-state index in [9.17, 15) is 49.1 Å². The molecule has 31 heavy (non-hydrogen) atoms. The molecule has 0 fully saturated rings. The van der Waals surface area contributed by atoms with Gasteiger partial charge in [-0.3, -0.25) is 0 Å². The zero-order valence-electron chi connectivity index (χ0n) is 16.3. The van der Waals surface area contributed by atoms with Crippen LogP contribution in [0.1, 0.15) is 11.1 Å². The van der Waals surface area contributed by atoms with E-state index < -0.39 is 56.8 Å². The predicted molar refractivity (Wildman–Crippen MR) is 89.2 cm³/mol. The van der Waals surface area contributed by atoms with Crippen molar-refractivity contribution in [2.45, 2.75) is 15.9 Å². The summed E-state index contributed by atoms with van der Waals surface area (Å²) in [6.07, 6.45) is 0.486. The number of benzene rings is 2. The van der Waals surface area contributed by atoms with Crippen molar-refractivity contribution in [3.63, 3.8) is 0 Å². The average Bonchev–Trinajstić information content (AvgIpc) is 2.49. The molecule has 2 N–H and O–H groups in total. The van der Waals surface area contributed by atoms with Crippen LogP contribution in [0.4, 0.5) is 0 Å². The number of fused-ring (bicyclic) bond motifs is 2. The molecule has 0 amide bonds. The second-order valence-corrected chi connectivity index (χ2v) is 10.2. The van der Waals surface area contributed by atoms with Gasteiger partial charge in [-0.1, -0.05) is 6.07 Å². The summed E-state index contributed by atoms with van der Waals surface area (Å²) in [5, 5.41) is 17.7. The Morgan fingerprint density at radius 3 is 1.77 bits per heavy atom. The fourth-order valence-electron chi connectivity index (χ4n) is 3.00. The summed E-state index contributed by atoms with van der Waals surface area (Å²) in [4.78, 5) is -2.21. The van der Waals surface area contributed by atoms with Crippen molar-refractivity contribution in [2.24, 2.45) is 0 Å². The van der Waals surface area contributed by atoms with Gasteiger partial charge >= 0.3 is 154 Å². The molecule has 152 valence electrons. The van der Waals surface area contributed by atoms with E-state index in [1.165, 1.54) is 0 Å². The molecular weight excluding hydrogens is 558 g/mol. The maximum atomic E-state index is 11.5. The Morgan fingerprint density at radius 2 is 1.32 bits per heavy atom. The Labute approximate surface area is 305 Å². The first kappa shape index (κ1) is 34.0. The van der Waals surface area contributed by atoms with E-state index in [2.05, 4.69) is 0 Å². The second kappa shape index (κ2) is 11.6. The van der Waals surface area contributed by atoms with Crippen LogP contribution in [0.3, 0.4) is 0 Å². The van der Waals surface area contributed by atoms with Gasteiger partial charge in [0.05, 0.1) is 9.80 Å². The molecule has 11 nitrogen and oxygen atoms in total. The van der Waals surface area contributed by atoms with Gasteiger partial charge in [0, 0.05) is 5.56 Å². The van der Waals surface area contributed by atoms with Crippen LogP contribution in [0.15, 0.2) is 40.1 Å². The zero-order chi connectivity index (χ0) is 21.3. The van der Waals surface area contributed by atoms with Crippen LogP contribution in [-0.2, 0) is 36.1 Å². The van der Waals surface area contributed by atoms with Crippen molar-refractivity contribution in [1.29, 1.82) is 0 Å². The minimum atomic E-state index is -5.71. The number of hydrogen-bond acceptors (Lipinski definition) is 11. The van der Waals surface area contributed by atoms with Crippen LogP contribution in [0.5, 0.6) is 0 Å². The van der Waals surface area contributed by atoms with E-state index in [-0.39, 0.29) is 170 Å². The van der Waals surface area contributed by atoms with Crippen LogP contribution >= 0.6 is 0 Å². The fraction of sp³-hybridized carbons (Fsp3) is 0.143. The van der Waals surface area contributed by atoms with Crippen LogP contribution in [0.25, 0.3) is 16.8 Å². The molecule has 0 aromatic heterocycles.